The number of halogens is 1. The van der Waals surface area contributed by atoms with Gasteiger partial charge in [-0.25, -0.2) is 8.42 Å². The molecule has 1 aromatic rings. The minimum absolute atomic E-state index is 0.00862. The van der Waals surface area contributed by atoms with Crippen LogP contribution in [-0.2, 0) is 18.6 Å². The maximum Gasteiger partial charge on any atom is 0.313 e. The molecule has 1 aromatic carbocycles. The van der Waals surface area contributed by atoms with Gasteiger partial charge in [0.15, 0.2) is 0 Å². The zero-order valence-corrected chi connectivity index (χ0v) is 12.9. The van der Waals surface area contributed by atoms with E-state index >= 15 is 0 Å². The average molecular weight is 305 g/mol. The number of ether oxygens (including phenoxy) is 1. The Morgan fingerprint density at radius 1 is 1.21 bits per heavy atom. The van der Waals surface area contributed by atoms with Crippen molar-refractivity contribution in [1.29, 1.82) is 0 Å². The van der Waals surface area contributed by atoms with Crippen LogP contribution in [0.1, 0.15) is 39.2 Å². The van der Waals surface area contributed by atoms with E-state index in [1.54, 1.807) is 39.8 Å². The molecular formula is C13H17ClO4S. The summed E-state index contributed by atoms with van der Waals surface area (Å²) in [6, 6.07) is 5.87. The summed E-state index contributed by atoms with van der Waals surface area (Å²) in [4.78, 5) is 11.9. The van der Waals surface area contributed by atoms with Crippen LogP contribution >= 0.6 is 10.7 Å². The fraction of sp³-hybridized carbons (Fsp3) is 0.462. The van der Waals surface area contributed by atoms with Crippen molar-refractivity contribution in [2.75, 3.05) is 0 Å². The molecule has 0 heterocycles. The fourth-order valence-corrected chi connectivity index (χ4v) is 2.22. The highest BCUT2D eigenvalue weighted by atomic mass is 35.7. The summed E-state index contributed by atoms with van der Waals surface area (Å²) < 4.78 is 27.5. The topological polar surface area (TPSA) is 60.4 Å². The van der Waals surface area contributed by atoms with Crippen LogP contribution < -0.4 is 0 Å². The SMILES string of the molecule is CC(C(=O)OC(C)(C)C)c1ccc(S(=O)(=O)Cl)cc1. The smallest absolute Gasteiger partial charge is 0.313 e. The number of hydrogen-bond acceptors (Lipinski definition) is 4. The Labute approximate surface area is 118 Å². The number of hydrogen-bond donors (Lipinski definition) is 0. The van der Waals surface area contributed by atoms with E-state index in [1.807, 2.05) is 0 Å². The average Bonchev–Trinajstić information content (AvgIpc) is 2.24. The zero-order chi connectivity index (χ0) is 14.8. The summed E-state index contributed by atoms with van der Waals surface area (Å²) in [7, 11) is 1.48. The Balaban J connectivity index is 2.90. The Morgan fingerprint density at radius 3 is 2.05 bits per heavy atom. The molecule has 1 atom stereocenters. The first-order valence-corrected chi connectivity index (χ1v) is 8.09. The summed E-state index contributed by atoms with van der Waals surface area (Å²) in [6.45, 7) is 7.08. The summed E-state index contributed by atoms with van der Waals surface area (Å²) in [5.41, 5.74) is 0.128. The van der Waals surface area contributed by atoms with Gasteiger partial charge in [-0.3, -0.25) is 4.79 Å². The Bertz CT molecular complexity index is 555. The normalized spacial score (nSPS) is 13.9. The van der Waals surface area contributed by atoms with Crippen molar-refractivity contribution in [2.45, 2.75) is 44.1 Å². The van der Waals surface area contributed by atoms with Gasteiger partial charge >= 0.3 is 5.97 Å². The highest BCUT2D eigenvalue weighted by Crippen LogP contribution is 2.23. The van der Waals surface area contributed by atoms with Crippen molar-refractivity contribution in [1.82, 2.24) is 0 Å². The summed E-state index contributed by atoms with van der Waals surface area (Å²) in [5, 5.41) is 0. The van der Waals surface area contributed by atoms with Gasteiger partial charge < -0.3 is 4.74 Å². The summed E-state index contributed by atoms with van der Waals surface area (Å²) in [6.07, 6.45) is 0. The van der Waals surface area contributed by atoms with Crippen LogP contribution in [0.3, 0.4) is 0 Å². The van der Waals surface area contributed by atoms with Crippen LogP contribution in [0.2, 0.25) is 0 Å². The molecule has 0 spiro atoms. The van der Waals surface area contributed by atoms with Gasteiger partial charge in [-0.05, 0) is 45.4 Å². The largest absolute Gasteiger partial charge is 0.460 e. The summed E-state index contributed by atoms with van der Waals surface area (Å²) >= 11 is 0. The van der Waals surface area contributed by atoms with Crippen LogP contribution in [0.15, 0.2) is 29.2 Å². The monoisotopic (exact) mass is 304 g/mol. The van der Waals surface area contributed by atoms with E-state index in [-0.39, 0.29) is 10.9 Å². The lowest BCUT2D eigenvalue weighted by atomic mass is 10.0. The van der Waals surface area contributed by atoms with Gasteiger partial charge in [-0.1, -0.05) is 12.1 Å². The van der Waals surface area contributed by atoms with E-state index in [0.29, 0.717) is 5.56 Å². The second kappa shape index (κ2) is 5.51. The quantitative estimate of drug-likeness (QED) is 0.636. The maximum absolute atomic E-state index is 11.9. The van der Waals surface area contributed by atoms with Crippen molar-refractivity contribution in [3.05, 3.63) is 29.8 Å². The minimum Gasteiger partial charge on any atom is -0.460 e. The third kappa shape index (κ3) is 4.84. The highest BCUT2D eigenvalue weighted by Gasteiger charge is 2.23. The zero-order valence-electron chi connectivity index (χ0n) is 11.3. The Kier molecular flexibility index (Phi) is 4.63. The number of esters is 1. The number of benzene rings is 1. The molecule has 1 rings (SSSR count). The van der Waals surface area contributed by atoms with Crippen molar-refractivity contribution in [2.24, 2.45) is 0 Å². The van der Waals surface area contributed by atoms with Gasteiger partial charge in [0, 0.05) is 10.7 Å². The Hall–Kier alpha value is -1.07. The van der Waals surface area contributed by atoms with Crippen LogP contribution in [0, 0.1) is 0 Å². The molecule has 0 saturated carbocycles. The molecule has 0 saturated heterocycles. The molecule has 0 radical (unpaired) electrons. The molecule has 106 valence electrons. The van der Waals surface area contributed by atoms with Gasteiger partial charge in [0.05, 0.1) is 10.8 Å². The van der Waals surface area contributed by atoms with E-state index in [1.165, 1.54) is 12.1 Å². The van der Waals surface area contributed by atoms with Gasteiger partial charge in [0.2, 0.25) is 0 Å². The Morgan fingerprint density at radius 2 is 1.68 bits per heavy atom. The van der Waals surface area contributed by atoms with Crippen molar-refractivity contribution in [3.8, 4) is 0 Å². The molecule has 19 heavy (non-hydrogen) atoms. The van der Waals surface area contributed by atoms with Crippen LogP contribution in [0.4, 0.5) is 0 Å². The van der Waals surface area contributed by atoms with E-state index in [0.717, 1.165) is 0 Å². The standard InChI is InChI=1S/C13H17ClO4S/c1-9(12(15)18-13(2,3)4)10-5-7-11(8-6-10)19(14,16)17/h5-9H,1-4H3. The van der Waals surface area contributed by atoms with E-state index in [4.69, 9.17) is 15.4 Å². The molecule has 6 heteroatoms. The van der Waals surface area contributed by atoms with E-state index < -0.39 is 20.6 Å². The third-order valence-corrected chi connectivity index (χ3v) is 3.79. The van der Waals surface area contributed by atoms with Crippen LogP contribution in [-0.4, -0.2) is 20.0 Å². The first-order chi connectivity index (χ1) is 8.50. The van der Waals surface area contributed by atoms with Gasteiger partial charge in [0.25, 0.3) is 9.05 Å². The molecule has 0 N–H and O–H groups in total. The van der Waals surface area contributed by atoms with Crippen LogP contribution in [0.5, 0.6) is 0 Å². The molecule has 0 bridgehead atoms. The van der Waals surface area contributed by atoms with Gasteiger partial charge in [-0.2, -0.15) is 0 Å². The third-order valence-electron chi connectivity index (χ3n) is 2.42. The first-order valence-electron chi connectivity index (χ1n) is 5.78. The molecule has 0 amide bonds. The van der Waals surface area contributed by atoms with E-state index in [9.17, 15) is 13.2 Å². The van der Waals surface area contributed by atoms with Crippen molar-refractivity contribution in [3.63, 3.8) is 0 Å². The maximum atomic E-state index is 11.9. The number of carbonyl (C=O) groups is 1. The fourth-order valence-electron chi connectivity index (χ4n) is 1.45. The van der Waals surface area contributed by atoms with Gasteiger partial charge in [0.1, 0.15) is 5.60 Å². The van der Waals surface area contributed by atoms with Crippen LogP contribution in [0.25, 0.3) is 0 Å². The lowest BCUT2D eigenvalue weighted by molar-refractivity contribution is -0.156. The predicted octanol–water partition coefficient (Wildman–Crippen LogP) is 3.06. The highest BCUT2D eigenvalue weighted by molar-refractivity contribution is 8.13. The predicted molar refractivity (Wildman–Crippen MR) is 73.7 cm³/mol. The molecule has 1 unspecified atom stereocenters. The molecule has 0 aliphatic carbocycles. The van der Waals surface area contributed by atoms with Crippen molar-refractivity contribution >= 4 is 25.7 Å². The second-order valence-corrected chi connectivity index (χ2v) is 7.83. The number of rotatable bonds is 3. The second-order valence-electron chi connectivity index (χ2n) is 5.26. The minimum atomic E-state index is -3.74. The summed E-state index contributed by atoms with van der Waals surface area (Å²) in [5.74, 6) is -0.819. The molecule has 0 aromatic heterocycles. The first kappa shape index (κ1) is 16.0. The van der Waals surface area contributed by atoms with Crippen molar-refractivity contribution < 1.29 is 17.9 Å². The van der Waals surface area contributed by atoms with Gasteiger partial charge in [-0.15, -0.1) is 0 Å². The number of carbonyl (C=O) groups excluding carboxylic acids is 1. The molecule has 0 aliphatic heterocycles. The molecular weight excluding hydrogens is 288 g/mol. The molecule has 4 nitrogen and oxygen atoms in total. The lowest BCUT2D eigenvalue weighted by Crippen LogP contribution is -2.26. The van der Waals surface area contributed by atoms with E-state index in [2.05, 4.69) is 0 Å². The molecule has 0 aliphatic rings. The molecule has 0 fully saturated rings. The lowest BCUT2D eigenvalue weighted by Gasteiger charge is -2.22.